The second kappa shape index (κ2) is 7.29. The number of rotatable bonds is 6. The van der Waals surface area contributed by atoms with Crippen LogP contribution in [0, 0.1) is 0 Å². The van der Waals surface area contributed by atoms with Crippen molar-refractivity contribution in [1.82, 2.24) is 29.9 Å². The van der Waals surface area contributed by atoms with E-state index in [-0.39, 0.29) is 0 Å². The van der Waals surface area contributed by atoms with Crippen molar-refractivity contribution in [3.05, 3.63) is 59.5 Å². The summed E-state index contributed by atoms with van der Waals surface area (Å²) in [5.41, 5.74) is 1.51. The predicted molar refractivity (Wildman–Crippen MR) is 105 cm³/mol. The molecule has 0 saturated heterocycles. The molecule has 4 aromatic rings. The molecule has 3 heterocycles. The summed E-state index contributed by atoms with van der Waals surface area (Å²) in [5.74, 6) is 1.50. The Morgan fingerprint density at radius 2 is 2.07 bits per heavy atom. The van der Waals surface area contributed by atoms with Crippen molar-refractivity contribution in [2.45, 2.75) is 31.9 Å². The highest BCUT2D eigenvalue weighted by molar-refractivity contribution is 6.30. The minimum atomic E-state index is -0.468. The molecule has 1 aliphatic rings. The molecular weight excluding hydrogens is 392 g/mol. The van der Waals surface area contributed by atoms with Crippen LogP contribution in [0.15, 0.2) is 53.2 Å². The molecule has 1 aliphatic carbocycles. The average molecular weight is 409 g/mol. The lowest BCUT2D eigenvalue weighted by molar-refractivity contribution is 0.184. The van der Waals surface area contributed by atoms with Gasteiger partial charge < -0.3 is 9.26 Å². The van der Waals surface area contributed by atoms with E-state index in [4.69, 9.17) is 20.9 Å². The van der Waals surface area contributed by atoms with Crippen molar-refractivity contribution >= 4 is 11.6 Å². The van der Waals surface area contributed by atoms with Gasteiger partial charge in [0.05, 0.1) is 0 Å². The minimum absolute atomic E-state index is 0.316. The minimum Gasteiger partial charge on any atom is -0.452 e. The summed E-state index contributed by atoms with van der Waals surface area (Å²) in [6.45, 7) is 1.85. The van der Waals surface area contributed by atoms with Gasteiger partial charge in [-0.3, -0.25) is 9.55 Å². The van der Waals surface area contributed by atoms with Gasteiger partial charge in [0.25, 0.3) is 5.89 Å². The molecule has 1 saturated carbocycles. The second-order valence-corrected chi connectivity index (χ2v) is 7.29. The third-order valence-corrected chi connectivity index (χ3v) is 4.86. The SMILES string of the molecule is CC(Oc1nnc(-c2ccccn2)n1C1CC1)c1noc(-c2cccc(Cl)c2)n1. The largest absolute Gasteiger partial charge is 0.452 e. The van der Waals surface area contributed by atoms with Crippen molar-refractivity contribution in [3.8, 4) is 29.0 Å². The molecule has 0 radical (unpaired) electrons. The van der Waals surface area contributed by atoms with E-state index in [0.717, 1.165) is 24.1 Å². The van der Waals surface area contributed by atoms with Crippen LogP contribution in [0.4, 0.5) is 0 Å². The highest BCUT2D eigenvalue weighted by Crippen LogP contribution is 2.41. The number of hydrogen-bond donors (Lipinski definition) is 0. The van der Waals surface area contributed by atoms with Crippen LogP contribution in [-0.2, 0) is 0 Å². The summed E-state index contributed by atoms with van der Waals surface area (Å²) < 4.78 is 13.4. The molecule has 0 bridgehead atoms. The highest BCUT2D eigenvalue weighted by Gasteiger charge is 2.32. The maximum atomic E-state index is 6.06. The highest BCUT2D eigenvalue weighted by atomic mass is 35.5. The summed E-state index contributed by atoms with van der Waals surface area (Å²) in [6, 6.07) is 13.7. The average Bonchev–Trinajstić information content (AvgIpc) is 3.29. The number of pyridine rings is 1. The molecule has 0 spiro atoms. The van der Waals surface area contributed by atoms with E-state index in [0.29, 0.717) is 34.6 Å². The number of halogens is 1. The van der Waals surface area contributed by atoms with Gasteiger partial charge in [0.1, 0.15) is 5.69 Å². The second-order valence-electron chi connectivity index (χ2n) is 6.85. The van der Waals surface area contributed by atoms with Gasteiger partial charge >= 0.3 is 6.01 Å². The predicted octanol–water partition coefficient (Wildman–Crippen LogP) is 4.52. The van der Waals surface area contributed by atoms with Gasteiger partial charge in [-0.05, 0) is 50.1 Å². The molecule has 1 fully saturated rings. The van der Waals surface area contributed by atoms with Crippen molar-refractivity contribution in [3.63, 3.8) is 0 Å². The quantitative estimate of drug-likeness (QED) is 0.463. The molecule has 8 nitrogen and oxygen atoms in total. The number of ether oxygens (including phenoxy) is 1. The Bertz CT molecular complexity index is 1140. The lowest BCUT2D eigenvalue weighted by atomic mass is 10.2. The summed E-state index contributed by atoms with van der Waals surface area (Å²) in [5, 5.41) is 13.2. The zero-order chi connectivity index (χ0) is 19.8. The monoisotopic (exact) mass is 408 g/mol. The first-order valence-electron chi connectivity index (χ1n) is 9.31. The van der Waals surface area contributed by atoms with E-state index in [1.807, 2.05) is 41.8 Å². The van der Waals surface area contributed by atoms with Crippen molar-refractivity contribution in [2.75, 3.05) is 0 Å². The van der Waals surface area contributed by atoms with Gasteiger partial charge in [-0.2, -0.15) is 4.98 Å². The zero-order valence-electron chi connectivity index (χ0n) is 15.6. The Morgan fingerprint density at radius 1 is 1.17 bits per heavy atom. The first-order chi connectivity index (χ1) is 14.2. The Hall–Kier alpha value is -3.26. The van der Waals surface area contributed by atoms with Crippen LogP contribution in [0.25, 0.3) is 23.0 Å². The molecule has 1 aromatic carbocycles. The fourth-order valence-electron chi connectivity index (χ4n) is 3.04. The van der Waals surface area contributed by atoms with Crippen LogP contribution >= 0.6 is 11.6 Å². The standard InChI is InChI=1S/C20H17ClN6O2/c1-12(17-23-19(29-26-17)13-5-4-6-14(21)11-13)28-20-25-24-18(27(20)15-8-9-15)16-7-2-3-10-22-16/h2-7,10-12,15H,8-9H2,1H3. The molecule has 5 rings (SSSR count). The van der Waals surface area contributed by atoms with Crippen LogP contribution in [0.2, 0.25) is 5.02 Å². The Kier molecular flexibility index (Phi) is 4.48. The lowest BCUT2D eigenvalue weighted by Gasteiger charge is -2.12. The van der Waals surface area contributed by atoms with Gasteiger partial charge in [-0.15, -0.1) is 5.10 Å². The van der Waals surface area contributed by atoms with E-state index in [9.17, 15) is 0 Å². The molecule has 9 heteroatoms. The molecule has 146 valence electrons. The van der Waals surface area contributed by atoms with Crippen LogP contribution in [0.1, 0.15) is 37.7 Å². The molecule has 0 aliphatic heterocycles. The maximum Gasteiger partial charge on any atom is 0.318 e. The van der Waals surface area contributed by atoms with Crippen molar-refractivity contribution < 1.29 is 9.26 Å². The molecule has 0 N–H and O–H groups in total. The van der Waals surface area contributed by atoms with E-state index in [1.165, 1.54) is 0 Å². The molecule has 1 atom stereocenters. The van der Waals surface area contributed by atoms with Crippen LogP contribution in [0.3, 0.4) is 0 Å². The van der Waals surface area contributed by atoms with Crippen molar-refractivity contribution in [2.24, 2.45) is 0 Å². The van der Waals surface area contributed by atoms with Gasteiger partial charge in [-0.25, -0.2) is 0 Å². The zero-order valence-corrected chi connectivity index (χ0v) is 16.3. The maximum absolute atomic E-state index is 6.06. The normalized spacial score (nSPS) is 14.7. The lowest BCUT2D eigenvalue weighted by Crippen LogP contribution is -2.10. The molecule has 0 amide bonds. The van der Waals surface area contributed by atoms with Crippen LogP contribution in [-0.4, -0.2) is 29.9 Å². The third kappa shape index (κ3) is 3.58. The first-order valence-corrected chi connectivity index (χ1v) is 9.69. The fraction of sp³-hybridized carbons (Fsp3) is 0.250. The van der Waals surface area contributed by atoms with E-state index >= 15 is 0 Å². The first kappa shape index (κ1) is 17.8. The Morgan fingerprint density at radius 3 is 2.83 bits per heavy atom. The van der Waals surface area contributed by atoms with E-state index in [2.05, 4.69) is 25.3 Å². The fourth-order valence-corrected chi connectivity index (χ4v) is 3.23. The molecule has 29 heavy (non-hydrogen) atoms. The third-order valence-electron chi connectivity index (χ3n) is 4.63. The number of benzene rings is 1. The summed E-state index contributed by atoms with van der Waals surface area (Å²) in [6.07, 6.45) is 3.39. The van der Waals surface area contributed by atoms with Crippen LogP contribution < -0.4 is 4.74 Å². The summed E-state index contributed by atoms with van der Waals surface area (Å²) >= 11 is 6.04. The Balaban J connectivity index is 1.40. The number of hydrogen-bond acceptors (Lipinski definition) is 7. The Labute approximate surface area is 171 Å². The molecular formula is C20H17ClN6O2. The van der Waals surface area contributed by atoms with Crippen molar-refractivity contribution in [1.29, 1.82) is 0 Å². The smallest absolute Gasteiger partial charge is 0.318 e. The van der Waals surface area contributed by atoms with Gasteiger partial charge in [-0.1, -0.05) is 34.0 Å². The van der Waals surface area contributed by atoms with Gasteiger partial charge in [0.15, 0.2) is 11.9 Å². The summed E-state index contributed by atoms with van der Waals surface area (Å²) in [7, 11) is 0. The van der Waals surface area contributed by atoms with E-state index < -0.39 is 6.10 Å². The molecule has 1 unspecified atom stereocenters. The van der Waals surface area contributed by atoms with E-state index in [1.54, 1.807) is 18.3 Å². The van der Waals surface area contributed by atoms with Crippen LogP contribution in [0.5, 0.6) is 6.01 Å². The number of aromatic nitrogens is 6. The van der Waals surface area contributed by atoms with Gasteiger partial charge in [0, 0.05) is 22.8 Å². The summed E-state index contributed by atoms with van der Waals surface area (Å²) in [4.78, 5) is 8.83. The van der Waals surface area contributed by atoms with Gasteiger partial charge in [0.2, 0.25) is 5.82 Å². The number of nitrogens with zero attached hydrogens (tertiary/aromatic N) is 6. The topological polar surface area (TPSA) is 91.8 Å². The molecule has 3 aromatic heterocycles.